The third-order valence-electron chi connectivity index (χ3n) is 3.47. The van der Waals surface area contributed by atoms with Gasteiger partial charge in [0.2, 0.25) is 0 Å². The lowest BCUT2D eigenvalue weighted by molar-refractivity contribution is 0.982. The van der Waals surface area contributed by atoms with E-state index in [1.165, 1.54) is 11.1 Å². The van der Waals surface area contributed by atoms with Crippen molar-refractivity contribution in [2.45, 2.75) is 17.9 Å². The molecule has 0 spiro atoms. The van der Waals surface area contributed by atoms with Crippen LogP contribution in [0.2, 0.25) is 13.1 Å². The highest BCUT2D eigenvalue weighted by atomic mass is 31.0. The highest BCUT2D eigenvalue weighted by Crippen LogP contribution is 2.44. The number of benzene rings is 2. The Morgan fingerprint density at radius 3 is 1.44 bits per heavy atom. The molecule has 0 aliphatic carbocycles. The zero-order valence-corrected chi connectivity index (χ0v) is 13.1. The maximum Gasteiger partial charge on any atom is 0.136 e. The fraction of sp³-hybridized carbons (Fsp3) is 0.200. The molecule has 0 aliphatic heterocycles. The zero-order valence-electron chi connectivity index (χ0n) is 10.9. The summed E-state index contributed by atoms with van der Waals surface area (Å²) in [6.45, 7) is 4.42. The molecule has 1 nitrogen and oxygen atoms in total. The topological polar surface area (TPSA) is 26.0 Å². The fourth-order valence-corrected chi connectivity index (χ4v) is 4.52. The summed E-state index contributed by atoms with van der Waals surface area (Å²) in [5.41, 5.74) is 2.56. The lowest BCUT2D eigenvalue weighted by Gasteiger charge is -2.40. The minimum absolute atomic E-state index is 0.143. The Kier molecular flexibility index (Phi) is 3.72. The summed E-state index contributed by atoms with van der Waals surface area (Å²) >= 11 is 0. The van der Waals surface area contributed by atoms with Crippen LogP contribution in [0.15, 0.2) is 60.7 Å². The summed E-state index contributed by atoms with van der Waals surface area (Å²) in [5.74, 6) is 0. The molecular formula is C15H20NPSi. The number of nitrogens with two attached hydrogens (primary N) is 1. The van der Waals surface area contributed by atoms with Crippen LogP contribution < -0.4 is 5.40 Å². The first kappa shape index (κ1) is 13.5. The summed E-state index contributed by atoms with van der Waals surface area (Å²) in [6.07, 6.45) is 0. The van der Waals surface area contributed by atoms with Crippen molar-refractivity contribution in [2.24, 2.45) is 5.40 Å². The van der Waals surface area contributed by atoms with Crippen molar-refractivity contribution in [1.82, 2.24) is 0 Å². The van der Waals surface area contributed by atoms with Gasteiger partial charge in [-0.25, -0.2) is 0 Å². The molecular weight excluding hydrogens is 253 g/mol. The number of hydrogen-bond acceptors (Lipinski definition) is 1. The fourth-order valence-electron chi connectivity index (χ4n) is 2.31. The summed E-state index contributed by atoms with van der Waals surface area (Å²) < 4.78 is -0.143. The SMILES string of the molecule is C[Si](C)(N)C(P)(c1ccccc1)c1ccccc1. The maximum atomic E-state index is 6.60. The Hall–Kier alpha value is -0.953. The van der Waals surface area contributed by atoms with E-state index >= 15 is 0 Å². The average Bonchev–Trinajstić information content (AvgIpc) is 2.38. The predicted octanol–water partition coefficient (Wildman–Crippen LogP) is 3.51. The molecule has 2 aromatic carbocycles. The second-order valence-corrected chi connectivity index (χ2v) is 10.9. The van der Waals surface area contributed by atoms with E-state index in [4.69, 9.17) is 5.40 Å². The third kappa shape index (κ3) is 2.28. The number of rotatable bonds is 3. The van der Waals surface area contributed by atoms with Gasteiger partial charge in [0.25, 0.3) is 0 Å². The quantitative estimate of drug-likeness (QED) is 0.672. The first-order valence-corrected chi connectivity index (χ1v) is 9.80. The van der Waals surface area contributed by atoms with Crippen molar-refractivity contribution in [2.75, 3.05) is 0 Å². The molecule has 0 aromatic heterocycles. The first-order chi connectivity index (χ1) is 8.46. The molecule has 0 bridgehead atoms. The van der Waals surface area contributed by atoms with Gasteiger partial charge in [-0.2, -0.15) is 0 Å². The molecule has 0 aliphatic rings. The third-order valence-corrected chi connectivity index (χ3v) is 8.98. The highest BCUT2D eigenvalue weighted by molar-refractivity contribution is 7.26. The van der Waals surface area contributed by atoms with E-state index in [0.717, 1.165) is 0 Å². The van der Waals surface area contributed by atoms with E-state index < -0.39 is 8.24 Å². The Balaban J connectivity index is 2.63. The van der Waals surface area contributed by atoms with Crippen LogP contribution in [-0.2, 0) is 4.78 Å². The molecule has 1 atom stereocenters. The minimum atomic E-state index is -1.93. The van der Waals surface area contributed by atoms with Crippen LogP contribution in [0.3, 0.4) is 0 Å². The van der Waals surface area contributed by atoms with Crippen molar-refractivity contribution in [3.05, 3.63) is 71.8 Å². The van der Waals surface area contributed by atoms with E-state index in [2.05, 4.69) is 70.9 Å². The second kappa shape index (κ2) is 4.97. The average molecular weight is 273 g/mol. The lowest BCUT2D eigenvalue weighted by Crippen LogP contribution is -2.56. The van der Waals surface area contributed by atoms with Gasteiger partial charge in [0, 0.05) is 4.78 Å². The van der Waals surface area contributed by atoms with Crippen molar-refractivity contribution >= 4 is 17.5 Å². The Labute approximate surface area is 113 Å². The van der Waals surface area contributed by atoms with Crippen LogP contribution >= 0.6 is 9.24 Å². The van der Waals surface area contributed by atoms with Gasteiger partial charge in [-0.15, -0.1) is 9.24 Å². The van der Waals surface area contributed by atoms with E-state index in [1.807, 2.05) is 12.1 Å². The molecule has 2 rings (SSSR count). The largest absolute Gasteiger partial charge is 0.350 e. The minimum Gasteiger partial charge on any atom is -0.350 e. The molecule has 0 radical (unpaired) electrons. The summed E-state index contributed by atoms with van der Waals surface area (Å²) in [6, 6.07) is 21.1. The number of hydrogen-bond donors (Lipinski definition) is 1. The summed E-state index contributed by atoms with van der Waals surface area (Å²) in [7, 11) is 1.10. The molecule has 3 heteroatoms. The molecule has 0 fully saturated rings. The first-order valence-electron chi connectivity index (χ1n) is 6.15. The second-order valence-electron chi connectivity index (χ2n) is 5.26. The van der Waals surface area contributed by atoms with Crippen molar-refractivity contribution in [3.63, 3.8) is 0 Å². The Morgan fingerprint density at radius 2 is 1.17 bits per heavy atom. The van der Waals surface area contributed by atoms with E-state index in [1.54, 1.807) is 0 Å². The predicted molar refractivity (Wildman–Crippen MR) is 85.0 cm³/mol. The molecule has 0 saturated carbocycles. The van der Waals surface area contributed by atoms with E-state index in [0.29, 0.717) is 0 Å². The van der Waals surface area contributed by atoms with Crippen LogP contribution in [0.25, 0.3) is 0 Å². The maximum absolute atomic E-state index is 6.60. The monoisotopic (exact) mass is 273 g/mol. The molecule has 1 unspecified atom stereocenters. The summed E-state index contributed by atoms with van der Waals surface area (Å²) in [4.78, 5) is 0. The smallest absolute Gasteiger partial charge is 0.136 e. The molecule has 0 saturated heterocycles. The zero-order chi connectivity index (χ0) is 13.2. The van der Waals surface area contributed by atoms with Gasteiger partial charge < -0.3 is 5.40 Å². The van der Waals surface area contributed by atoms with Gasteiger partial charge in [-0.05, 0) is 11.1 Å². The lowest BCUT2D eigenvalue weighted by atomic mass is 10.0. The summed E-state index contributed by atoms with van der Waals surface area (Å²) in [5, 5.41) is 6.60. The van der Waals surface area contributed by atoms with Crippen LogP contribution in [-0.4, -0.2) is 8.24 Å². The van der Waals surface area contributed by atoms with Crippen LogP contribution in [0.4, 0.5) is 0 Å². The van der Waals surface area contributed by atoms with Gasteiger partial charge in [0.15, 0.2) is 0 Å². The normalized spacial score (nSPS) is 12.4. The molecule has 94 valence electrons. The van der Waals surface area contributed by atoms with Gasteiger partial charge in [-0.1, -0.05) is 73.8 Å². The molecule has 2 aromatic rings. The van der Waals surface area contributed by atoms with Gasteiger partial charge in [0.1, 0.15) is 8.24 Å². The van der Waals surface area contributed by atoms with Crippen LogP contribution in [0.1, 0.15) is 11.1 Å². The highest BCUT2D eigenvalue weighted by Gasteiger charge is 2.43. The Morgan fingerprint density at radius 1 is 0.833 bits per heavy atom. The van der Waals surface area contributed by atoms with E-state index in [9.17, 15) is 0 Å². The van der Waals surface area contributed by atoms with Crippen molar-refractivity contribution < 1.29 is 0 Å². The van der Waals surface area contributed by atoms with Crippen LogP contribution in [0.5, 0.6) is 0 Å². The van der Waals surface area contributed by atoms with Crippen LogP contribution in [0, 0.1) is 0 Å². The van der Waals surface area contributed by atoms with Crippen molar-refractivity contribution in [3.8, 4) is 0 Å². The van der Waals surface area contributed by atoms with Gasteiger partial charge >= 0.3 is 0 Å². The standard InChI is InChI=1S/C15H20NPSi/c1-18(2,16)15(17,13-9-5-3-6-10-13)14-11-7-4-8-12-14/h3-12H,16-17H2,1-2H3. The molecule has 18 heavy (non-hydrogen) atoms. The molecule has 2 N–H and O–H groups in total. The molecule has 0 amide bonds. The Bertz CT molecular complexity index is 466. The van der Waals surface area contributed by atoms with Gasteiger partial charge in [0.05, 0.1) is 0 Å². The van der Waals surface area contributed by atoms with Gasteiger partial charge in [-0.3, -0.25) is 0 Å². The van der Waals surface area contributed by atoms with Crippen molar-refractivity contribution in [1.29, 1.82) is 0 Å². The van der Waals surface area contributed by atoms with E-state index in [-0.39, 0.29) is 4.78 Å². The molecule has 0 heterocycles.